The van der Waals surface area contributed by atoms with E-state index < -0.39 is 13.5 Å². The van der Waals surface area contributed by atoms with Gasteiger partial charge in [0.05, 0.1) is 0 Å². The molecular formula is C17H18Cl2N2O2Ru. The fraction of sp³-hybridized carbons (Fsp3) is 0.235. The first-order valence-electron chi connectivity index (χ1n) is 7.35. The Labute approximate surface area is 155 Å². The van der Waals surface area contributed by atoms with Crippen molar-refractivity contribution in [3.8, 4) is 11.5 Å². The number of rotatable bonds is 4. The number of hydrogen-bond acceptors (Lipinski definition) is 4. The van der Waals surface area contributed by atoms with Gasteiger partial charge < -0.3 is 0 Å². The number of hydrogen-bond donors (Lipinski definition) is 0. The molecule has 1 aliphatic heterocycles. The van der Waals surface area contributed by atoms with E-state index in [0.717, 1.165) is 40.3 Å². The van der Waals surface area contributed by atoms with Crippen LogP contribution in [0.5, 0.6) is 11.5 Å². The minimum atomic E-state index is -2.19. The van der Waals surface area contributed by atoms with Gasteiger partial charge in [0.1, 0.15) is 0 Å². The number of ether oxygens (including phenoxy) is 2. The second kappa shape index (κ2) is 7.73. The molecular weight excluding hydrogens is 436 g/mol. The predicted octanol–water partition coefficient (Wildman–Crippen LogP) is 4.04. The van der Waals surface area contributed by atoms with Gasteiger partial charge in [0.15, 0.2) is 0 Å². The summed E-state index contributed by atoms with van der Waals surface area (Å²) in [6.07, 6.45) is 0. The normalized spacial score (nSPS) is 14.8. The summed E-state index contributed by atoms with van der Waals surface area (Å²) in [7, 11) is 16.3. The van der Waals surface area contributed by atoms with Crippen LogP contribution in [0.1, 0.15) is 0 Å². The number of halogens is 2. The third-order valence-corrected chi connectivity index (χ3v) is 6.79. The van der Waals surface area contributed by atoms with Crippen LogP contribution in [-0.4, -0.2) is 31.7 Å². The molecule has 3 rings (SSSR count). The molecule has 0 N–H and O–H groups in total. The Morgan fingerprint density at radius 3 is 1.58 bits per heavy atom. The van der Waals surface area contributed by atoms with Crippen LogP contribution in [0.25, 0.3) is 0 Å². The van der Waals surface area contributed by atoms with Gasteiger partial charge in [-0.15, -0.1) is 0 Å². The topological polar surface area (TPSA) is 24.9 Å². The van der Waals surface area contributed by atoms with Crippen LogP contribution in [0.2, 0.25) is 0 Å². The number of anilines is 2. The molecule has 0 aliphatic carbocycles. The molecule has 0 amide bonds. The van der Waals surface area contributed by atoms with Crippen LogP contribution in [0.15, 0.2) is 48.5 Å². The average molecular weight is 454 g/mol. The van der Waals surface area contributed by atoms with E-state index in [-0.39, 0.29) is 0 Å². The molecule has 0 unspecified atom stereocenters. The van der Waals surface area contributed by atoms with Crippen molar-refractivity contribution in [1.82, 2.24) is 0 Å². The Hall–Kier alpha value is -1.29. The van der Waals surface area contributed by atoms with E-state index in [1.807, 2.05) is 48.5 Å². The van der Waals surface area contributed by atoms with Gasteiger partial charge in [0, 0.05) is 0 Å². The monoisotopic (exact) mass is 454 g/mol. The van der Waals surface area contributed by atoms with Gasteiger partial charge in [0.25, 0.3) is 0 Å². The molecule has 0 saturated carbocycles. The van der Waals surface area contributed by atoms with Gasteiger partial charge in [-0.1, -0.05) is 0 Å². The van der Waals surface area contributed by atoms with Crippen molar-refractivity contribution in [2.24, 2.45) is 0 Å². The standard InChI is InChI=1S/C17H18N2O2.2ClH.Ru/c1-20-16-9-5-3-7-14(16)18-11-12-19(13-18)15-8-4-6-10-17(15)21-2;;;/h3-10H,11-12H2,1-2H3;2*1H;/q;;;+2/p-2. The predicted molar refractivity (Wildman–Crippen MR) is 97.4 cm³/mol. The molecule has 7 heteroatoms. The molecule has 130 valence electrons. The van der Waals surface area contributed by atoms with Crippen LogP contribution in [0.3, 0.4) is 0 Å². The molecule has 1 heterocycles. The van der Waals surface area contributed by atoms with Crippen molar-refractivity contribution in [3.05, 3.63) is 48.5 Å². The summed E-state index contributed by atoms with van der Waals surface area (Å²) in [5.74, 6) is 1.61. The zero-order chi connectivity index (χ0) is 17.1. The SMILES string of the molecule is COc1ccccc1N1CCN(c2ccccc2OC)[C]1=[Ru]([Cl])[Cl]. The first-order chi connectivity index (χ1) is 11.7. The Morgan fingerprint density at radius 2 is 1.21 bits per heavy atom. The summed E-state index contributed by atoms with van der Waals surface area (Å²) in [6.45, 7) is 1.58. The van der Waals surface area contributed by atoms with Crippen LogP contribution in [0, 0.1) is 0 Å². The van der Waals surface area contributed by atoms with E-state index in [1.165, 1.54) is 0 Å². The summed E-state index contributed by atoms with van der Waals surface area (Å²) in [4.78, 5) is 4.31. The molecule has 1 aliphatic rings. The van der Waals surface area contributed by atoms with Gasteiger partial charge in [0.2, 0.25) is 0 Å². The van der Waals surface area contributed by atoms with Crippen LogP contribution in [-0.2, 0) is 13.5 Å². The molecule has 4 nitrogen and oxygen atoms in total. The summed E-state index contributed by atoms with van der Waals surface area (Å²) in [5, 5.41) is 0. The number of para-hydroxylation sites is 4. The van der Waals surface area contributed by atoms with E-state index in [1.54, 1.807) is 14.2 Å². The van der Waals surface area contributed by atoms with E-state index in [2.05, 4.69) is 9.80 Å². The molecule has 0 aromatic heterocycles. The van der Waals surface area contributed by atoms with Crippen molar-refractivity contribution in [3.63, 3.8) is 0 Å². The fourth-order valence-electron chi connectivity index (χ4n) is 2.81. The Bertz CT molecular complexity index is 708. The summed E-state index contributed by atoms with van der Waals surface area (Å²) >= 11 is -2.19. The second-order valence-electron chi connectivity index (χ2n) is 5.09. The van der Waals surface area contributed by atoms with Gasteiger partial charge in [-0.3, -0.25) is 0 Å². The molecule has 24 heavy (non-hydrogen) atoms. The van der Waals surface area contributed by atoms with Crippen molar-refractivity contribution in [2.75, 3.05) is 37.1 Å². The molecule has 0 spiro atoms. The van der Waals surface area contributed by atoms with Gasteiger partial charge in [-0.05, 0) is 0 Å². The van der Waals surface area contributed by atoms with Crippen molar-refractivity contribution < 1.29 is 23.0 Å². The van der Waals surface area contributed by atoms with Gasteiger partial charge >= 0.3 is 155 Å². The van der Waals surface area contributed by atoms with Gasteiger partial charge in [-0.25, -0.2) is 0 Å². The first kappa shape index (κ1) is 17.5. The number of benzene rings is 2. The number of methoxy groups -OCH3 is 2. The van der Waals surface area contributed by atoms with Crippen LogP contribution < -0.4 is 19.3 Å². The zero-order valence-corrected chi connectivity index (χ0v) is 16.6. The third-order valence-electron chi connectivity index (χ3n) is 3.85. The van der Waals surface area contributed by atoms with Gasteiger partial charge in [-0.2, -0.15) is 0 Å². The molecule has 0 atom stereocenters. The van der Waals surface area contributed by atoms with Crippen molar-refractivity contribution >= 4 is 35.1 Å². The van der Waals surface area contributed by atoms with Crippen LogP contribution in [0.4, 0.5) is 11.4 Å². The molecule has 2 aromatic carbocycles. The quantitative estimate of drug-likeness (QED) is 0.652. The maximum atomic E-state index is 6.47. The molecule has 2 aromatic rings. The second-order valence-corrected chi connectivity index (χ2v) is 10.7. The van der Waals surface area contributed by atoms with E-state index >= 15 is 0 Å². The fourth-order valence-corrected chi connectivity index (χ4v) is 6.03. The molecule has 0 bridgehead atoms. The molecule has 1 fully saturated rings. The van der Waals surface area contributed by atoms with Crippen LogP contribution >= 0.6 is 19.4 Å². The van der Waals surface area contributed by atoms with E-state index in [4.69, 9.17) is 28.9 Å². The zero-order valence-electron chi connectivity index (χ0n) is 13.4. The molecule has 1 saturated heterocycles. The Balaban J connectivity index is 2.06. The van der Waals surface area contributed by atoms with E-state index in [0.29, 0.717) is 0 Å². The summed E-state index contributed by atoms with van der Waals surface area (Å²) < 4.78 is 11.9. The summed E-state index contributed by atoms with van der Waals surface area (Å²) in [6, 6.07) is 15.8. The van der Waals surface area contributed by atoms with E-state index in [9.17, 15) is 0 Å². The Morgan fingerprint density at radius 1 is 0.792 bits per heavy atom. The minimum absolute atomic E-state index is 0.789. The molecule has 0 radical (unpaired) electrons. The first-order valence-corrected chi connectivity index (χ1v) is 12.7. The third kappa shape index (κ3) is 3.26. The average Bonchev–Trinajstić information content (AvgIpc) is 3.06. The van der Waals surface area contributed by atoms with Crippen molar-refractivity contribution in [1.29, 1.82) is 0 Å². The number of nitrogens with zero attached hydrogens (tertiary/aromatic N) is 2. The van der Waals surface area contributed by atoms with Crippen molar-refractivity contribution in [2.45, 2.75) is 0 Å². The Kier molecular flexibility index (Phi) is 5.65. The summed E-state index contributed by atoms with van der Waals surface area (Å²) in [5.41, 5.74) is 1.96. The maximum absolute atomic E-state index is 6.47.